The summed E-state index contributed by atoms with van der Waals surface area (Å²) in [6.07, 6.45) is 2.00. The third kappa shape index (κ3) is 3.75. The van der Waals surface area contributed by atoms with E-state index in [1.165, 1.54) is 16.7 Å². The number of aromatic nitrogens is 3. The summed E-state index contributed by atoms with van der Waals surface area (Å²) in [6.45, 7) is 4.95. The molecule has 0 atom stereocenters. The van der Waals surface area contributed by atoms with Crippen LogP contribution in [0, 0.1) is 13.8 Å². The van der Waals surface area contributed by atoms with Gasteiger partial charge in [0.05, 0.1) is 12.7 Å². The third-order valence-electron chi connectivity index (χ3n) is 4.67. The van der Waals surface area contributed by atoms with E-state index in [0.717, 1.165) is 22.6 Å². The Kier molecular flexibility index (Phi) is 4.71. The SMILES string of the molecule is Cc1cccc(C)c1Nc1ccccc1-c1cn(Cc2ccccc2)nn1. The van der Waals surface area contributed by atoms with Crippen LogP contribution in [0.5, 0.6) is 0 Å². The molecule has 0 aliphatic carbocycles. The van der Waals surface area contributed by atoms with E-state index in [4.69, 9.17) is 0 Å². The molecule has 1 heterocycles. The van der Waals surface area contributed by atoms with E-state index >= 15 is 0 Å². The van der Waals surface area contributed by atoms with Crippen molar-refractivity contribution in [2.45, 2.75) is 20.4 Å². The molecule has 0 amide bonds. The summed E-state index contributed by atoms with van der Waals surface area (Å²) in [5.41, 5.74) is 7.72. The zero-order valence-corrected chi connectivity index (χ0v) is 15.6. The van der Waals surface area contributed by atoms with E-state index in [-0.39, 0.29) is 0 Å². The lowest BCUT2D eigenvalue weighted by molar-refractivity contribution is 0.650. The average Bonchev–Trinajstić information content (AvgIpc) is 3.14. The van der Waals surface area contributed by atoms with Gasteiger partial charge in [-0.15, -0.1) is 5.10 Å². The Balaban J connectivity index is 1.64. The highest BCUT2D eigenvalue weighted by Gasteiger charge is 2.11. The van der Waals surface area contributed by atoms with Crippen LogP contribution in [0.3, 0.4) is 0 Å². The minimum Gasteiger partial charge on any atom is -0.355 e. The molecule has 0 saturated carbocycles. The lowest BCUT2D eigenvalue weighted by Crippen LogP contribution is -1.99. The van der Waals surface area contributed by atoms with Crippen molar-refractivity contribution in [3.8, 4) is 11.3 Å². The van der Waals surface area contributed by atoms with Crippen molar-refractivity contribution in [1.82, 2.24) is 15.0 Å². The van der Waals surface area contributed by atoms with Gasteiger partial charge in [-0.3, -0.25) is 0 Å². The molecule has 4 nitrogen and oxygen atoms in total. The Bertz CT molecular complexity index is 1030. The second-order valence-electron chi connectivity index (χ2n) is 6.72. The van der Waals surface area contributed by atoms with E-state index in [0.29, 0.717) is 6.54 Å². The number of aryl methyl sites for hydroxylation is 2. The highest BCUT2D eigenvalue weighted by atomic mass is 15.4. The number of hydrogen-bond donors (Lipinski definition) is 1. The molecule has 1 N–H and O–H groups in total. The maximum atomic E-state index is 4.40. The maximum absolute atomic E-state index is 4.40. The highest BCUT2D eigenvalue weighted by Crippen LogP contribution is 2.31. The van der Waals surface area contributed by atoms with Gasteiger partial charge >= 0.3 is 0 Å². The average molecular weight is 354 g/mol. The Morgan fingerprint density at radius 1 is 0.815 bits per heavy atom. The maximum Gasteiger partial charge on any atom is 0.115 e. The number of nitrogens with zero attached hydrogens (tertiary/aromatic N) is 3. The normalized spacial score (nSPS) is 10.7. The topological polar surface area (TPSA) is 42.7 Å². The zero-order valence-electron chi connectivity index (χ0n) is 15.6. The van der Waals surface area contributed by atoms with Crippen molar-refractivity contribution >= 4 is 11.4 Å². The summed E-state index contributed by atoms with van der Waals surface area (Å²) in [7, 11) is 0. The molecule has 0 aliphatic rings. The van der Waals surface area contributed by atoms with Gasteiger partial charge in [0.15, 0.2) is 0 Å². The van der Waals surface area contributed by atoms with Gasteiger partial charge in [0.25, 0.3) is 0 Å². The van der Waals surface area contributed by atoms with Crippen molar-refractivity contribution in [1.29, 1.82) is 0 Å². The van der Waals surface area contributed by atoms with Crippen molar-refractivity contribution in [3.63, 3.8) is 0 Å². The molecule has 0 bridgehead atoms. The Labute approximate surface area is 159 Å². The molecule has 0 spiro atoms. The van der Waals surface area contributed by atoms with Gasteiger partial charge in [-0.1, -0.05) is 71.9 Å². The molecule has 1 aromatic heterocycles. The molecular weight excluding hydrogens is 332 g/mol. The number of benzene rings is 3. The monoisotopic (exact) mass is 354 g/mol. The molecule has 3 aromatic carbocycles. The van der Waals surface area contributed by atoms with Gasteiger partial charge in [-0.2, -0.15) is 0 Å². The van der Waals surface area contributed by atoms with Crippen LogP contribution < -0.4 is 5.32 Å². The van der Waals surface area contributed by atoms with Gasteiger partial charge in [-0.25, -0.2) is 4.68 Å². The molecule has 134 valence electrons. The molecule has 0 fully saturated rings. The fraction of sp³-hybridized carbons (Fsp3) is 0.130. The lowest BCUT2D eigenvalue weighted by Gasteiger charge is -2.15. The first kappa shape index (κ1) is 17.0. The molecule has 4 heteroatoms. The number of hydrogen-bond acceptors (Lipinski definition) is 3. The number of nitrogens with one attached hydrogen (secondary N) is 1. The predicted molar refractivity (Wildman–Crippen MR) is 110 cm³/mol. The largest absolute Gasteiger partial charge is 0.355 e. The first-order valence-electron chi connectivity index (χ1n) is 9.07. The lowest BCUT2D eigenvalue weighted by atomic mass is 10.1. The Hall–Kier alpha value is -3.40. The molecule has 0 saturated heterocycles. The minimum atomic E-state index is 0.709. The van der Waals surface area contributed by atoms with Crippen LogP contribution in [0.25, 0.3) is 11.3 Å². The molecule has 4 aromatic rings. The Morgan fingerprint density at radius 2 is 1.52 bits per heavy atom. The summed E-state index contributed by atoms with van der Waals surface area (Å²) >= 11 is 0. The van der Waals surface area contributed by atoms with E-state index in [1.54, 1.807) is 0 Å². The molecular formula is C23H22N4. The zero-order chi connectivity index (χ0) is 18.6. The minimum absolute atomic E-state index is 0.709. The van der Waals surface area contributed by atoms with Crippen LogP contribution in [0.1, 0.15) is 16.7 Å². The summed E-state index contributed by atoms with van der Waals surface area (Å²) in [5.74, 6) is 0. The molecule has 27 heavy (non-hydrogen) atoms. The predicted octanol–water partition coefficient (Wildman–Crippen LogP) is 5.35. The molecule has 0 radical (unpaired) electrons. The van der Waals surface area contributed by atoms with Gasteiger partial charge in [0.2, 0.25) is 0 Å². The first-order chi connectivity index (χ1) is 13.2. The summed E-state index contributed by atoms with van der Waals surface area (Å²) in [5, 5.41) is 12.3. The van der Waals surface area contributed by atoms with E-state index in [1.807, 2.05) is 41.2 Å². The standard InChI is InChI=1S/C23H22N4/c1-17-9-8-10-18(2)23(17)24-21-14-7-6-13-20(21)22-16-27(26-25-22)15-19-11-4-3-5-12-19/h3-14,16,24H,15H2,1-2H3. The first-order valence-corrected chi connectivity index (χ1v) is 9.07. The number of anilines is 2. The van der Waals surface area contributed by atoms with Crippen LogP contribution in [0.4, 0.5) is 11.4 Å². The van der Waals surface area contributed by atoms with Crippen LogP contribution in [0.2, 0.25) is 0 Å². The van der Waals surface area contributed by atoms with Crippen LogP contribution in [-0.2, 0) is 6.54 Å². The van der Waals surface area contributed by atoms with Gasteiger partial charge < -0.3 is 5.32 Å². The van der Waals surface area contributed by atoms with Crippen LogP contribution in [0.15, 0.2) is 79.0 Å². The quantitative estimate of drug-likeness (QED) is 0.525. The van der Waals surface area contributed by atoms with Crippen LogP contribution in [-0.4, -0.2) is 15.0 Å². The van der Waals surface area contributed by atoms with Gasteiger partial charge in [0, 0.05) is 16.9 Å². The van der Waals surface area contributed by atoms with Crippen LogP contribution >= 0.6 is 0 Å². The third-order valence-corrected chi connectivity index (χ3v) is 4.67. The molecule has 0 unspecified atom stereocenters. The Morgan fingerprint density at radius 3 is 2.30 bits per heavy atom. The van der Waals surface area contributed by atoms with Crippen molar-refractivity contribution in [2.24, 2.45) is 0 Å². The van der Waals surface area contributed by atoms with E-state index < -0.39 is 0 Å². The van der Waals surface area contributed by atoms with Crippen molar-refractivity contribution in [3.05, 3.63) is 95.7 Å². The van der Waals surface area contributed by atoms with E-state index in [9.17, 15) is 0 Å². The number of para-hydroxylation sites is 2. The number of rotatable bonds is 5. The van der Waals surface area contributed by atoms with E-state index in [2.05, 4.69) is 71.9 Å². The summed E-state index contributed by atoms with van der Waals surface area (Å²) in [4.78, 5) is 0. The summed E-state index contributed by atoms with van der Waals surface area (Å²) in [6, 6.07) is 24.8. The molecule has 4 rings (SSSR count). The smallest absolute Gasteiger partial charge is 0.115 e. The van der Waals surface area contributed by atoms with Crippen molar-refractivity contribution in [2.75, 3.05) is 5.32 Å². The van der Waals surface area contributed by atoms with Crippen molar-refractivity contribution < 1.29 is 0 Å². The second kappa shape index (κ2) is 7.46. The van der Waals surface area contributed by atoms with Gasteiger partial charge in [-0.05, 0) is 36.6 Å². The fourth-order valence-corrected chi connectivity index (χ4v) is 3.23. The second-order valence-corrected chi connectivity index (χ2v) is 6.72. The molecule has 0 aliphatic heterocycles. The summed E-state index contributed by atoms with van der Waals surface area (Å²) < 4.78 is 1.88. The highest BCUT2D eigenvalue weighted by molar-refractivity contribution is 5.80. The van der Waals surface area contributed by atoms with Gasteiger partial charge in [0.1, 0.15) is 5.69 Å². The fourth-order valence-electron chi connectivity index (χ4n) is 3.23.